The van der Waals surface area contributed by atoms with E-state index in [0.717, 1.165) is 31.6 Å². The highest BCUT2D eigenvalue weighted by atomic mass is 16.2. The standard InChI is InChI=1S/C15H26N2O/c1-3-5-12(2)15(18)17(14-7-8-14)11-13-6-4-9-16-10-13/h5,13-14,16H,3-4,6-11H2,1-2H3/b12-5-. The zero-order valence-electron chi connectivity index (χ0n) is 11.7. The fourth-order valence-electron chi connectivity index (χ4n) is 2.76. The van der Waals surface area contributed by atoms with Crippen LogP contribution in [0.1, 0.15) is 46.0 Å². The summed E-state index contributed by atoms with van der Waals surface area (Å²) >= 11 is 0. The molecule has 18 heavy (non-hydrogen) atoms. The van der Waals surface area contributed by atoms with Crippen molar-refractivity contribution in [1.82, 2.24) is 10.2 Å². The summed E-state index contributed by atoms with van der Waals surface area (Å²) in [5, 5.41) is 3.44. The Labute approximate surface area is 111 Å². The van der Waals surface area contributed by atoms with Crippen molar-refractivity contribution in [2.24, 2.45) is 5.92 Å². The SMILES string of the molecule is CC/C=C(/C)C(=O)N(CC1CCCNC1)C1CC1. The van der Waals surface area contributed by atoms with Crippen LogP contribution >= 0.6 is 0 Å². The van der Waals surface area contributed by atoms with Gasteiger partial charge in [0, 0.05) is 18.2 Å². The lowest BCUT2D eigenvalue weighted by Crippen LogP contribution is -2.42. The molecule has 1 aliphatic heterocycles. The van der Waals surface area contributed by atoms with E-state index in [1.165, 1.54) is 25.7 Å². The van der Waals surface area contributed by atoms with Crippen LogP contribution in [0.3, 0.4) is 0 Å². The van der Waals surface area contributed by atoms with E-state index in [2.05, 4.69) is 23.2 Å². The molecule has 0 aromatic carbocycles. The summed E-state index contributed by atoms with van der Waals surface area (Å²) in [6.45, 7) is 7.21. The van der Waals surface area contributed by atoms with E-state index in [1.807, 2.05) is 6.92 Å². The molecule has 3 nitrogen and oxygen atoms in total. The van der Waals surface area contributed by atoms with Gasteiger partial charge in [-0.15, -0.1) is 0 Å². The number of hydrogen-bond acceptors (Lipinski definition) is 2. The summed E-state index contributed by atoms with van der Waals surface area (Å²) in [6.07, 6.45) is 7.91. The molecule has 1 atom stereocenters. The number of carbonyl (C=O) groups excluding carboxylic acids is 1. The molecule has 1 unspecified atom stereocenters. The molecule has 1 heterocycles. The number of carbonyl (C=O) groups is 1. The minimum absolute atomic E-state index is 0.268. The zero-order chi connectivity index (χ0) is 13.0. The fourth-order valence-corrected chi connectivity index (χ4v) is 2.76. The molecular formula is C15H26N2O. The molecule has 1 N–H and O–H groups in total. The fraction of sp³-hybridized carbons (Fsp3) is 0.800. The summed E-state index contributed by atoms with van der Waals surface area (Å²) < 4.78 is 0. The maximum atomic E-state index is 12.4. The molecular weight excluding hydrogens is 224 g/mol. The number of hydrogen-bond donors (Lipinski definition) is 1. The summed E-state index contributed by atoms with van der Waals surface area (Å²) in [7, 11) is 0. The second kappa shape index (κ2) is 6.37. The van der Waals surface area contributed by atoms with Gasteiger partial charge in [-0.3, -0.25) is 4.79 Å². The second-order valence-electron chi connectivity index (χ2n) is 5.70. The first kappa shape index (κ1) is 13.6. The van der Waals surface area contributed by atoms with Gasteiger partial charge in [0.15, 0.2) is 0 Å². The van der Waals surface area contributed by atoms with Crippen LogP contribution in [0.25, 0.3) is 0 Å². The maximum Gasteiger partial charge on any atom is 0.249 e. The number of rotatable bonds is 5. The topological polar surface area (TPSA) is 32.3 Å². The van der Waals surface area contributed by atoms with E-state index in [0.29, 0.717) is 12.0 Å². The smallest absolute Gasteiger partial charge is 0.249 e. The van der Waals surface area contributed by atoms with Crippen LogP contribution in [0.15, 0.2) is 11.6 Å². The van der Waals surface area contributed by atoms with Crippen LogP contribution in [-0.2, 0) is 4.79 Å². The van der Waals surface area contributed by atoms with E-state index in [-0.39, 0.29) is 5.91 Å². The molecule has 0 bridgehead atoms. The van der Waals surface area contributed by atoms with Gasteiger partial charge in [-0.1, -0.05) is 13.0 Å². The second-order valence-corrected chi connectivity index (χ2v) is 5.70. The van der Waals surface area contributed by atoms with Gasteiger partial charge in [-0.05, 0) is 58.0 Å². The normalized spacial score (nSPS) is 25.0. The third kappa shape index (κ3) is 3.58. The van der Waals surface area contributed by atoms with Crippen LogP contribution in [0.5, 0.6) is 0 Å². The van der Waals surface area contributed by atoms with Gasteiger partial charge >= 0.3 is 0 Å². The van der Waals surface area contributed by atoms with Crippen LogP contribution in [0, 0.1) is 5.92 Å². The van der Waals surface area contributed by atoms with E-state index < -0.39 is 0 Å². The van der Waals surface area contributed by atoms with Gasteiger partial charge < -0.3 is 10.2 Å². The Morgan fingerprint density at radius 3 is 2.72 bits per heavy atom. The summed E-state index contributed by atoms with van der Waals surface area (Å²) in [6, 6.07) is 0.527. The average molecular weight is 250 g/mol. The van der Waals surface area contributed by atoms with Crippen molar-refractivity contribution in [3.05, 3.63) is 11.6 Å². The molecule has 2 aliphatic rings. The predicted molar refractivity (Wildman–Crippen MR) is 74.4 cm³/mol. The Morgan fingerprint density at radius 1 is 1.39 bits per heavy atom. The molecule has 2 rings (SSSR count). The molecule has 1 saturated heterocycles. The minimum Gasteiger partial charge on any atom is -0.336 e. The first-order valence-electron chi connectivity index (χ1n) is 7.40. The maximum absolute atomic E-state index is 12.4. The largest absolute Gasteiger partial charge is 0.336 e. The molecule has 0 aromatic rings. The van der Waals surface area contributed by atoms with Gasteiger partial charge in [0.05, 0.1) is 0 Å². The number of nitrogens with one attached hydrogen (secondary N) is 1. The first-order valence-corrected chi connectivity index (χ1v) is 7.40. The Hall–Kier alpha value is -0.830. The summed E-state index contributed by atoms with van der Waals surface area (Å²) in [5.41, 5.74) is 0.924. The Balaban J connectivity index is 1.94. The van der Waals surface area contributed by atoms with Crippen LogP contribution in [0.2, 0.25) is 0 Å². The molecule has 1 saturated carbocycles. The van der Waals surface area contributed by atoms with Gasteiger partial charge in [0.25, 0.3) is 0 Å². The molecule has 0 radical (unpaired) electrons. The van der Waals surface area contributed by atoms with Crippen molar-refractivity contribution in [3.63, 3.8) is 0 Å². The van der Waals surface area contributed by atoms with Crippen molar-refractivity contribution < 1.29 is 4.79 Å². The predicted octanol–water partition coefficient (Wildman–Crippen LogP) is 2.33. The highest BCUT2D eigenvalue weighted by Crippen LogP contribution is 2.29. The summed E-state index contributed by atoms with van der Waals surface area (Å²) in [5.74, 6) is 0.919. The number of nitrogens with zero attached hydrogens (tertiary/aromatic N) is 1. The summed E-state index contributed by atoms with van der Waals surface area (Å²) in [4.78, 5) is 14.6. The molecule has 0 spiro atoms. The molecule has 0 aromatic heterocycles. The van der Waals surface area contributed by atoms with Crippen LogP contribution in [-0.4, -0.2) is 36.5 Å². The molecule has 2 fully saturated rings. The molecule has 1 aliphatic carbocycles. The molecule has 1 amide bonds. The van der Waals surface area contributed by atoms with E-state index >= 15 is 0 Å². The lowest BCUT2D eigenvalue weighted by atomic mass is 9.98. The quantitative estimate of drug-likeness (QED) is 0.760. The zero-order valence-corrected chi connectivity index (χ0v) is 11.7. The van der Waals surface area contributed by atoms with Crippen molar-refractivity contribution in [1.29, 1.82) is 0 Å². The Kier molecular flexibility index (Phi) is 4.81. The van der Waals surface area contributed by atoms with E-state index in [4.69, 9.17) is 0 Å². The van der Waals surface area contributed by atoms with Gasteiger partial charge in [0.1, 0.15) is 0 Å². The number of amides is 1. The molecule has 3 heteroatoms. The van der Waals surface area contributed by atoms with Gasteiger partial charge in [-0.25, -0.2) is 0 Å². The first-order chi connectivity index (χ1) is 8.72. The highest BCUT2D eigenvalue weighted by molar-refractivity contribution is 5.93. The van der Waals surface area contributed by atoms with Gasteiger partial charge in [-0.2, -0.15) is 0 Å². The average Bonchev–Trinajstić information content (AvgIpc) is 3.21. The third-order valence-corrected chi connectivity index (χ3v) is 3.95. The molecule has 102 valence electrons. The lowest BCUT2D eigenvalue weighted by Gasteiger charge is -2.30. The number of allylic oxidation sites excluding steroid dienone is 1. The van der Waals surface area contributed by atoms with E-state index in [9.17, 15) is 4.79 Å². The Morgan fingerprint density at radius 2 is 2.17 bits per heavy atom. The number of piperidine rings is 1. The monoisotopic (exact) mass is 250 g/mol. The minimum atomic E-state index is 0.268. The van der Waals surface area contributed by atoms with Gasteiger partial charge in [0.2, 0.25) is 5.91 Å². The van der Waals surface area contributed by atoms with Crippen molar-refractivity contribution >= 4 is 5.91 Å². The van der Waals surface area contributed by atoms with Crippen LogP contribution < -0.4 is 5.32 Å². The Bertz CT molecular complexity index is 314. The van der Waals surface area contributed by atoms with Crippen molar-refractivity contribution in [2.75, 3.05) is 19.6 Å². The lowest BCUT2D eigenvalue weighted by molar-refractivity contribution is -0.128. The van der Waals surface area contributed by atoms with E-state index in [1.54, 1.807) is 0 Å². The van der Waals surface area contributed by atoms with Crippen molar-refractivity contribution in [2.45, 2.75) is 52.0 Å². The van der Waals surface area contributed by atoms with Crippen LogP contribution in [0.4, 0.5) is 0 Å². The highest BCUT2D eigenvalue weighted by Gasteiger charge is 2.34. The third-order valence-electron chi connectivity index (χ3n) is 3.95. The van der Waals surface area contributed by atoms with Crippen molar-refractivity contribution in [3.8, 4) is 0 Å².